The number of rotatable bonds is 2. The van der Waals surface area contributed by atoms with Crippen LogP contribution in [0.3, 0.4) is 0 Å². The molecule has 0 aliphatic heterocycles. The van der Waals surface area contributed by atoms with E-state index in [-0.39, 0.29) is 5.69 Å². The van der Waals surface area contributed by atoms with Crippen LogP contribution in [0.4, 0.5) is 18.9 Å². The number of hydrogen-bond donors (Lipinski definition) is 1. The third-order valence-corrected chi connectivity index (χ3v) is 2.98. The molecule has 0 spiro atoms. The molecule has 0 aliphatic carbocycles. The summed E-state index contributed by atoms with van der Waals surface area (Å²) in [4.78, 5) is 0. The van der Waals surface area contributed by atoms with Crippen molar-refractivity contribution in [3.63, 3.8) is 0 Å². The van der Waals surface area contributed by atoms with Crippen LogP contribution < -0.4 is 5.73 Å². The highest BCUT2D eigenvalue weighted by molar-refractivity contribution is 5.56. The molecule has 0 saturated heterocycles. The second kappa shape index (κ2) is 4.96. The Labute approximate surface area is 109 Å². The number of nitrogen functional groups attached to an aromatic ring is 1. The minimum atomic E-state index is -4.41. The van der Waals surface area contributed by atoms with Crippen molar-refractivity contribution in [1.29, 1.82) is 0 Å². The average Bonchev–Trinajstić information content (AvgIpc) is 2.30. The zero-order valence-corrected chi connectivity index (χ0v) is 10.5. The number of para-hydroxylation sites is 1. The van der Waals surface area contributed by atoms with E-state index in [9.17, 15) is 13.2 Å². The van der Waals surface area contributed by atoms with Gasteiger partial charge in [0, 0.05) is 5.69 Å². The lowest BCUT2D eigenvalue weighted by Crippen LogP contribution is -2.10. The third-order valence-electron chi connectivity index (χ3n) is 2.98. The molecule has 0 saturated carbocycles. The van der Waals surface area contributed by atoms with Gasteiger partial charge in [-0.2, -0.15) is 13.2 Å². The van der Waals surface area contributed by atoms with Gasteiger partial charge in [-0.1, -0.05) is 42.0 Å². The van der Waals surface area contributed by atoms with E-state index in [2.05, 4.69) is 0 Å². The molecular formula is C15H14F3N. The lowest BCUT2D eigenvalue weighted by atomic mass is 9.99. The van der Waals surface area contributed by atoms with Crippen LogP contribution in [0.1, 0.15) is 22.3 Å². The molecule has 0 atom stereocenters. The van der Waals surface area contributed by atoms with Gasteiger partial charge < -0.3 is 5.73 Å². The lowest BCUT2D eigenvalue weighted by Gasteiger charge is -2.13. The smallest absolute Gasteiger partial charge is 0.398 e. The Morgan fingerprint density at radius 2 is 1.74 bits per heavy atom. The van der Waals surface area contributed by atoms with Crippen molar-refractivity contribution >= 4 is 5.69 Å². The molecule has 2 rings (SSSR count). The molecule has 0 radical (unpaired) electrons. The molecule has 2 aromatic rings. The normalized spacial score (nSPS) is 11.6. The molecular weight excluding hydrogens is 251 g/mol. The molecule has 0 aromatic heterocycles. The van der Waals surface area contributed by atoms with E-state index in [1.54, 1.807) is 6.07 Å². The van der Waals surface area contributed by atoms with E-state index >= 15 is 0 Å². The topological polar surface area (TPSA) is 26.0 Å². The van der Waals surface area contributed by atoms with Crippen molar-refractivity contribution in [1.82, 2.24) is 0 Å². The Hall–Kier alpha value is -1.97. The van der Waals surface area contributed by atoms with Crippen LogP contribution in [0.5, 0.6) is 0 Å². The number of anilines is 1. The van der Waals surface area contributed by atoms with E-state index in [4.69, 9.17) is 5.73 Å². The molecule has 0 amide bonds. The van der Waals surface area contributed by atoms with Gasteiger partial charge in [-0.25, -0.2) is 0 Å². The fraction of sp³-hybridized carbons (Fsp3) is 0.200. The minimum absolute atomic E-state index is 0.184. The number of halogens is 3. The highest BCUT2D eigenvalue weighted by Crippen LogP contribution is 2.35. The summed E-state index contributed by atoms with van der Waals surface area (Å²) in [6.45, 7) is 1.94. The zero-order chi connectivity index (χ0) is 14.0. The predicted octanol–water partition coefficient (Wildman–Crippen LogP) is 4.19. The van der Waals surface area contributed by atoms with Gasteiger partial charge in [0.15, 0.2) is 0 Å². The number of hydrogen-bond acceptors (Lipinski definition) is 1. The minimum Gasteiger partial charge on any atom is -0.398 e. The number of aryl methyl sites for hydroxylation is 1. The van der Waals surface area contributed by atoms with Gasteiger partial charge in [0.2, 0.25) is 0 Å². The van der Waals surface area contributed by atoms with E-state index in [0.29, 0.717) is 12.0 Å². The summed E-state index contributed by atoms with van der Waals surface area (Å²) >= 11 is 0. The third kappa shape index (κ3) is 3.08. The van der Waals surface area contributed by atoms with Crippen LogP contribution >= 0.6 is 0 Å². The van der Waals surface area contributed by atoms with Crippen molar-refractivity contribution in [2.24, 2.45) is 0 Å². The molecule has 0 fully saturated rings. The van der Waals surface area contributed by atoms with E-state index in [1.807, 2.05) is 31.2 Å². The predicted molar refractivity (Wildman–Crippen MR) is 69.8 cm³/mol. The summed E-state index contributed by atoms with van der Waals surface area (Å²) in [6.07, 6.45) is -4.01. The fourth-order valence-corrected chi connectivity index (χ4v) is 2.06. The second-order valence-electron chi connectivity index (χ2n) is 4.54. The van der Waals surface area contributed by atoms with Gasteiger partial charge >= 0.3 is 6.18 Å². The first-order valence-electron chi connectivity index (χ1n) is 5.88. The van der Waals surface area contributed by atoms with Gasteiger partial charge in [-0.15, -0.1) is 0 Å². The van der Waals surface area contributed by atoms with Crippen LogP contribution in [-0.4, -0.2) is 0 Å². The van der Waals surface area contributed by atoms with Gasteiger partial charge in [0.05, 0.1) is 5.56 Å². The Morgan fingerprint density at radius 1 is 1.05 bits per heavy atom. The largest absolute Gasteiger partial charge is 0.418 e. The number of nitrogens with two attached hydrogens (primary N) is 1. The van der Waals surface area contributed by atoms with Crippen LogP contribution in [-0.2, 0) is 12.6 Å². The quantitative estimate of drug-likeness (QED) is 0.810. The maximum absolute atomic E-state index is 12.8. The highest BCUT2D eigenvalue weighted by Gasteiger charge is 2.33. The first kappa shape index (κ1) is 13.5. The Balaban J connectivity index is 2.36. The maximum Gasteiger partial charge on any atom is 0.418 e. The molecule has 100 valence electrons. The van der Waals surface area contributed by atoms with Crippen molar-refractivity contribution in [2.75, 3.05) is 5.73 Å². The van der Waals surface area contributed by atoms with Crippen LogP contribution in [0, 0.1) is 6.92 Å². The summed E-state index contributed by atoms with van der Waals surface area (Å²) in [5.41, 5.74) is 7.21. The van der Waals surface area contributed by atoms with Crippen molar-refractivity contribution < 1.29 is 13.2 Å². The molecule has 4 heteroatoms. The van der Waals surface area contributed by atoms with E-state index < -0.39 is 11.7 Å². The molecule has 2 N–H and O–H groups in total. The molecule has 0 unspecified atom stereocenters. The molecule has 2 aromatic carbocycles. The average molecular weight is 265 g/mol. The zero-order valence-electron chi connectivity index (χ0n) is 10.5. The van der Waals surface area contributed by atoms with Gasteiger partial charge in [0.25, 0.3) is 0 Å². The van der Waals surface area contributed by atoms with Gasteiger partial charge in [-0.3, -0.25) is 0 Å². The Kier molecular flexibility index (Phi) is 3.51. The molecule has 0 heterocycles. The van der Waals surface area contributed by atoms with Crippen molar-refractivity contribution in [3.8, 4) is 0 Å². The molecule has 0 bridgehead atoms. The van der Waals surface area contributed by atoms with Crippen LogP contribution in [0.2, 0.25) is 0 Å². The maximum atomic E-state index is 12.8. The summed E-state index contributed by atoms with van der Waals surface area (Å²) in [5.74, 6) is 0. The molecule has 0 aliphatic rings. The summed E-state index contributed by atoms with van der Waals surface area (Å²) in [7, 11) is 0. The molecule has 1 nitrogen and oxygen atoms in total. The second-order valence-corrected chi connectivity index (χ2v) is 4.54. The Morgan fingerprint density at radius 3 is 2.37 bits per heavy atom. The summed E-state index contributed by atoms with van der Waals surface area (Å²) < 4.78 is 38.3. The van der Waals surface area contributed by atoms with E-state index in [0.717, 1.165) is 17.2 Å². The van der Waals surface area contributed by atoms with Gasteiger partial charge in [-0.05, 0) is 30.5 Å². The van der Waals surface area contributed by atoms with Crippen molar-refractivity contribution in [2.45, 2.75) is 19.5 Å². The van der Waals surface area contributed by atoms with Crippen LogP contribution in [0.15, 0.2) is 42.5 Å². The van der Waals surface area contributed by atoms with Crippen LogP contribution in [0.25, 0.3) is 0 Å². The first-order valence-corrected chi connectivity index (χ1v) is 5.88. The summed E-state index contributed by atoms with van der Waals surface area (Å²) in [6, 6.07) is 11.7. The lowest BCUT2D eigenvalue weighted by molar-refractivity contribution is -0.136. The SMILES string of the molecule is Cc1cccc(Cc2cccc(C(F)(F)F)c2N)c1. The molecule has 19 heavy (non-hydrogen) atoms. The highest BCUT2D eigenvalue weighted by atomic mass is 19.4. The van der Waals surface area contributed by atoms with Crippen molar-refractivity contribution in [3.05, 3.63) is 64.7 Å². The standard InChI is InChI=1S/C15H14F3N/c1-10-4-2-5-11(8-10)9-12-6-3-7-13(14(12)19)15(16,17)18/h2-8H,9,19H2,1H3. The monoisotopic (exact) mass is 265 g/mol. The van der Waals surface area contributed by atoms with E-state index in [1.165, 1.54) is 6.07 Å². The number of benzene rings is 2. The van der Waals surface area contributed by atoms with Gasteiger partial charge in [0.1, 0.15) is 0 Å². The Bertz CT molecular complexity index is 588. The first-order chi connectivity index (χ1) is 8.88. The summed E-state index contributed by atoms with van der Waals surface area (Å²) in [5, 5.41) is 0. The fourth-order valence-electron chi connectivity index (χ4n) is 2.06. The number of alkyl halides is 3.